The second kappa shape index (κ2) is 7.25. The third-order valence-corrected chi connectivity index (χ3v) is 5.49. The maximum Gasteiger partial charge on any atom is 0.119 e. The van der Waals surface area contributed by atoms with Crippen LogP contribution in [0.5, 0.6) is 5.75 Å². The molecular weight excluding hydrogens is 334 g/mol. The Morgan fingerprint density at radius 1 is 1.35 bits per heavy atom. The lowest BCUT2D eigenvalue weighted by Crippen LogP contribution is -2.22. The largest absolute Gasteiger partial charge is 0.497 e. The Morgan fingerprint density at radius 2 is 2.15 bits per heavy atom. The monoisotopic (exact) mass is 353 g/mol. The van der Waals surface area contributed by atoms with E-state index in [4.69, 9.17) is 4.74 Å². The number of nitrogens with one attached hydrogen (secondary N) is 1. The van der Waals surface area contributed by atoms with E-state index in [1.54, 1.807) is 7.11 Å². The van der Waals surface area contributed by atoms with E-state index in [0.717, 1.165) is 18.7 Å². The highest BCUT2D eigenvalue weighted by Crippen LogP contribution is 2.32. The Bertz CT molecular complexity index is 548. The molecule has 2 rings (SSSR count). The third-order valence-electron chi connectivity index (χ3n) is 3.24. The standard InChI is InChI=1S/C16H20BrNOS/c1-4-18-15(16-10-14(17)11(2)20-16)9-12-6-5-7-13(8-12)19-3/h5-8,10,15,18H,4,9H2,1-3H3. The Balaban J connectivity index is 2.20. The van der Waals surface area contributed by atoms with Crippen LogP contribution in [0.4, 0.5) is 0 Å². The SMILES string of the molecule is CCNC(Cc1cccc(OC)c1)c1cc(Br)c(C)s1. The molecule has 1 aromatic carbocycles. The highest BCUT2D eigenvalue weighted by molar-refractivity contribution is 9.10. The summed E-state index contributed by atoms with van der Waals surface area (Å²) in [6.07, 6.45) is 0.970. The van der Waals surface area contributed by atoms with Gasteiger partial charge in [0.05, 0.1) is 7.11 Å². The second-order valence-electron chi connectivity index (χ2n) is 4.72. The van der Waals surface area contributed by atoms with Crippen molar-refractivity contribution in [2.75, 3.05) is 13.7 Å². The molecule has 0 amide bonds. The number of ether oxygens (including phenoxy) is 1. The van der Waals surface area contributed by atoms with E-state index in [1.807, 2.05) is 23.5 Å². The van der Waals surface area contributed by atoms with Crippen molar-refractivity contribution in [1.82, 2.24) is 5.32 Å². The molecular formula is C16H20BrNOS. The first kappa shape index (κ1) is 15.5. The van der Waals surface area contributed by atoms with E-state index in [9.17, 15) is 0 Å². The average molecular weight is 354 g/mol. The van der Waals surface area contributed by atoms with Gasteiger partial charge in [-0.25, -0.2) is 0 Å². The van der Waals surface area contributed by atoms with Crippen molar-refractivity contribution in [2.45, 2.75) is 26.3 Å². The van der Waals surface area contributed by atoms with E-state index < -0.39 is 0 Å². The fourth-order valence-corrected chi connectivity index (χ4v) is 3.84. The Labute approximate surface area is 133 Å². The van der Waals surface area contributed by atoms with E-state index in [2.05, 4.69) is 53.3 Å². The van der Waals surface area contributed by atoms with Crippen LogP contribution in [0.25, 0.3) is 0 Å². The zero-order chi connectivity index (χ0) is 14.5. The molecule has 1 N–H and O–H groups in total. The summed E-state index contributed by atoms with van der Waals surface area (Å²) in [6.45, 7) is 5.25. The van der Waals surface area contributed by atoms with E-state index in [-0.39, 0.29) is 0 Å². The summed E-state index contributed by atoms with van der Waals surface area (Å²) >= 11 is 5.46. The van der Waals surface area contributed by atoms with Crippen LogP contribution in [0.2, 0.25) is 0 Å². The lowest BCUT2D eigenvalue weighted by Gasteiger charge is -2.17. The maximum atomic E-state index is 5.30. The molecule has 1 heterocycles. The second-order valence-corrected chi connectivity index (χ2v) is 6.86. The minimum absolute atomic E-state index is 0.349. The Morgan fingerprint density at radius 3 is 2.75 bits per heavy atom. The minimum Gasteiger partial charge on any atom is -0.497 e. The Hall–Kier alpha value is -0.840. The molecule has 2 nitrogen and oxygen atoms in total. The molecule has 20 heavy (non-hydrogen) atoms. The molecule has 0 saturated carbocycles. The predicted octanol–water partition coefficient (Wildman–Crippen LogP) is 4.72. The fraction of sp³-hybridized carbons (Fsp3) is 0.375. The summed E-state index contributed by atoms with van der Waals surface area (Å²) in [4.78, 5) is 2.70. The van der Waals surface area contributed by atoms with Gasteiger partial charge in [-0.15, -0.1) is 11.3 Å². The maximum absolute atomic E-state index is 5.30. The van der Waals surface area contributed by atoms with Gasteiger partial charge < -0.3 is 10.1 Å². The summed E-state index contributed by atoms with van der Waals surface area (Å²) < 4.78 is 6.50. The van der Waals surface area contributed by atoms with Crippen molar-refractivity contribution >= 4 is 27.3 Å². The summed E-state index contributed by atoms with van der Waals surface area (Å²) in [5.41, 5.74) is 1.29. The first-order valence-corrected chi connectivity index (χ1v) is 8.37. The van der Waals surface area contributed by atoms with Crippen LogP contribution in [0.1, 0.15) is 28.3 Å². The molecule has 0 aliphatic rings. The van der Waals surface area contributed by atoms with E-state index >= 15 is 0 Å². The van der Waals surface area contributed by atoms with Gasteiger partial charge in [-0.3, -0.25) is 0 Å². The van der Waals surface area contributed by atoms with Crippen LogP contribution in [-0.2, 0) is 6.42 Å². The number of benzene rings is 1. The zero-order valence-corrected chi connectivity index (χ0v) is 14.5. The highest BCUT2D eigenvalue weighted by atomic mass is 79.9. The van der Waals surface area contributed by atoms with Gasteiger partial charge in [-0.1, -0.05) is 19.1 Å². The molecule has 0 radical (unpaired) electrons. The predicted molar refractivity (Wildman–Crippen MR) is 89.9 cm³/mol. The third kappa shape index (κ3) is 3.84. The summed E-state index contributed by atoms with van der Waals surface area (Å²) in [5.74, 6) is 0.918. The summed E-state index contributed by atoms with van der Waals surface area (Å²) in [5, 5.41) is 3.57. The number of likely N-dealkylation sites (N-methyl/N-ethyl adjacent to an activating group) is 1. The van der Waals surface area contributed by atoms with Crippen molar-refractivity contribution in [3.63, 3.8) is 0 Å². The van der Waals surface area contributed by atoms with Crippen molar-refractivity contribution in [3.8, 4) is 5.75 Å². The quantitative estimate of drug-likeness (QED) is 0.810. The zero-order valence-electron chi connectivity index (χ0n) is 12.1. The number of methoxy groups -OCH3 is 1. The highest BCUT2D eigenvalue weighted by Gasteiger charge is 2.15. The molecule has 2 aromatic rings. The molecule has 0 saturated heterocycles. The lowest BCUT2D eigenvalue weighted by atomic mass is 10.0. The molecule has 0 fully saturated rings. The van der Waals surface area contributed by atoms with Crippen molar-refractivity contribution in [1.29, 1.82) is 0 Å². The van der Waals surface area contributed by atoms with Gasteiger partial charge in [0.2, 0.25) is 0 Å². The van der Waals surface area contributed by atoms with Gasteiger partial charge in [0, 0.05) is 20.3 Å². The normalized spacial score (nSPS) is 12.4. The first-order chi connectivity index (χ1) is 9.63. The van der Waals surface area contributed by atoms with Crippen LogP contribution in [0.3, 0.4) is 0 Å². The smallest absolute Gasteiger partial charge is 0.119 e. The number of aryl methyl sites for hydroxylation is 1. The number of rotatable bonds is 6. The van der Waals surface area contributed by atoms with Crippen LogP contribution < -0.4 is 10.1 Å². The van der Waals surface area contributed by atoms with E-state index in [0.29, 0.717) is 6.04 Å². The van der Waals surface area contributed by atoms with Gasteiger partial charge in [0.25, 0.3) is 0 Å². The van der Waals surface area contributed by atoms with Crippen LogP contribution in [-0.4, -0.2) is 13.7 Å². The van der Waals surface area contributed by atoms with Gasteiger partial charge in [0.15, 0.2) is 0 Å². The average Bonchev–Trinajstić information content (AvgIpc) is 2.78. The van der Waals surface area contributed by atoms with Crippen molar-refractivity contribution in [3.05, 3.63) is 50.1 Å². The number of hydrogen-bond acceptors (Lipinski definition) is 3. The van der Waals surface area contributed by atoms with Crippen LogP contribution >= 0.6 is 27.3 Å². The molecule has 0 aliphatic carbocycles. The molecule has 0 bridgehead atoms. The minimum atomic E-state index is 0.349. The molecule has 1 atom stereocenters. The summed E-state index contributed by atoms with van der Waals surface area (Å²) in [6, 6.07) is 10.9. The molecule has 1 aromatic heterocycles. The molecule has 4 heteroatoms. The van der Waals surface area contributed by atoms with Gasteiger partial charge in [-0.05, 0) is 59.6 Å². The molecule has 0 spiro atoms. The van der Waals surface area contributed by atoms with Gasteiger partial charge in [0.1, 0.15) is 5.75 Å². The number of thiophene rings is 1. The van der Waals surface area contributed by atoms with Gasteiger partial charge >= 0.3 is 0 Å². The summed E-state index contributed by atoms with van der Waals surface area (Å²) in [7, 11) is 1.71. The molecule has 1 unspecified atom stereocenters. The molecule has 108 valence electrons. The first-order valence-electron chi connectivity index (χ1n) is 6.76. The van der Waals surface area contributed by atoms with Crippen molar-refractivity contribution in [2.24, 2.45) is 0 Å². The Kier molecular flexibility index (Phi) is 5.64. The molecule has 0 aliphatic heterocycles. The van der Waals surface area contributed by atoms with Crippen LogP contribution in [0, 0.1) is 6.92 Å². The van der Waals surface area contributed by atoms with Crippen LogP contribution in [0.15, 0.2) is 34.8 Å². The van der Waals surface area contributed by atoms with Crippen molar-refractivity contribution < 1.29 is 4.74 Å². The number of hydrogen-bond donors (Lipinski definition) is 1. The van der Waals surface area contributed by atoms with E-state index in [1.165, 1.54) is 19.8 Å². The topological polar surface area (TPSA) is 21.3 Å². The lowest BCUT2D eigenvalue weighted by molar-refractivity contribution is 0.414. The van der Waals surface area contributed by atoms with Gasteiger partial charge in [-0.2, -0.15) is 0 Å². The fourth-order valence-electron chi connectivity index (χ4n) is 2.21. The number of halogens is 1.